The van der Waals surface area contributed by atoms with Gasteiger partial charge in [-0.05, 0) is 25.1 Å². The summed E-state index contributed by atoms with van der Waals surface area (Å²) >= 11 is 6.07. The van der Waals surface area contributed by atoms with Gasteiger partial charge in [-0.1, -0.05) is 41.9 Å². The fraction of sp³-hybridized carbons (Fsp3) is 0.188. The van der Waals surface area contributed by atoms with Gasteiger partial charge in [0, 0.05) is 5.56 Å². The summed E-state index contributed by atoms with van der Waals surface area (Å²) in [6.45, 7) is 2.32. The molecule has 0 saturated carbocycles. The molecule has 2 N–H and O–H groups in total. The van der Waals surface area contributed by atoms with Crippen molar-refractivity contribution in [2.75, 3.05) is 11.9 Å². The Morgan fingerprint density at radius 1 is 1.24 bits per heavy atom. The number of rotatable bonds is 6. The van der Waals surface area contributed by atoms with Crippen molar-refractivity contribution in [3.8, 4) is 5.75 Å². The average molecular weight is 306 g/mol. The van der Waals surface area contributed by atoms with Crippen molar-refractivity contribution >= 4 is 23.3 Å². The van der Waals surface area contributed by atoms with E-state index in [0.29, 0.717) is 28.6 Å². The van der Waals surface area contributed by atoms with Crippen LogP contribution in [0, 0.1) is 0 Å². The van der Waals surface area contributed by atoms with Crippen LogP contribution in [0.1, 0.15) is 18.5 Å². The van der Waals surface area contributed by atoms with Crippen molar-refractivity contribution in [1.82, 2.24) is 0 Å². The Balaban J connectivity index is 2.36. The van der Waals surface area contributed by atoms with E-state index in [1.165, 1.54) is 0 Å². The Hall–Kier alpha value is -2.20. The molecule has 0 heterocycles. The van der Waals surface area contributed by atoms with Crippen LogP contribution in [0.4, 0.5) is 5.69 Å². The molecule has 0 saturated heterocycles. The van der Waals surface area contributed by atoms with Crippen LogP contribution in [-0.4, -0.2) is 17.7 Å². The Bertz CT molecular complexity index is 630. The molecule has 0 bridgehead atoms. The number of nitrogens with one attached hydrogen (secondary N) is 1. The third kappa shape index (κ3) is 3.67. The van der Waals surface area contributed by atoms with Crippen molar-refractivity contribution in [1.29, 1.82) is 0 Å². The van der Waals surface area contributed by atoms with Gasteiger partial charge in [0.1, 0.15) is 5.75 Å². The molecule has 2 aromatic carbocycles. The zero-order chi connectivity index (χ0) is 15.2. The number of anilines is 1. The van der Waals surface area contributed by atoms with E-state index in [9.17, 15) is 9.90 Å². The van der Waals surface area contributed by atoms with Crippen molar-refractivity contribution in [3.05, 3.63) is 59.1 Å². The monoisotopic (exact) mass is 305 g/mol. The predicted octanol–water partition coefficient (Wildman–Crippen LogP) is 3.98. The van der Waals surface area contributed by atoms with Crippen LogP contribution in [0.3, 0.4) is 0 Å². The van der Waals surface area contributed by atoms with E-state index in [4.69, 9.17) is 16.3 Å². The lowest BCUT2D eigenvalue weighted by atomic mass is 10.1. The number of ether oxygens (including phenoxy) is 1. The number of carbonyl (C=O) groups is 1. The largest absolute Gasteiger partial charge is 0.493 e. The Labute approximate surface area is 128 Å². The molecule has 0 aromatic heterocycles. The number of hydrogen-bond donors (Lipinski definition) is 2. The minimum atomic E-state index is -0.998. The van der Waals surface area contributed by atoms with Gasteiger partial charge in [-0.25, -0.2) is 4.79 Å². The van der Waals surface area contributed by atoms with Crippen LogP contribution >= 0.6 is 11.6 Å². The maximum absolute atomic E-state index is 11.6. The first-order valence-corrected chi connectivity index (χ1v) is 6.97. The second-order valence-electron chi connectivity index (χ2n) is 4.37. The normalized spacial score (nSPS) is 11.7. The van der Waals surface area contributed by atoms with E-state index >= 15 is 0 Å². The molecule has 2 aromatic rings. The van der Waals surface area contributed by atoms with Crippen LogP contribution in [-0.2, 0) is 4.79 Å². The van der Waals surface area contributed by atoms with Crippen LogP contribution in [0.15, 0.2) is 48.5 Å². The van der Waals surface area contributed by atoms with Crippen LogP contribution in [0.5, 0.6) is 5.75 Å². The second kappa shape index (κ2) is 6.99. The number of aliphatic carboxylic acids is 1. The zero-order valence-corrected chi connectivity index (χ0v) is 12.3. The third-order valence-electron chi connectivity index (χ3n) is 2.95. The average Bonchev–Trinajstić information content (AvgIpc) is 2.47. The topological polar surface area (TPSA) is 58.6 Å². The van der Waals surface area contributed by atoms with Crippen LogP contribution in [0.2, 0.25) is 5.02 Å². The first-order chi connectivity index (χ1) is 10.1. The lowest BCUT2D eigenvalue weighted by Gasteiger charge is -2.19. The fourth-order valence-corrected chi connectivity index (χ4v) is 2.20. The zero-order valence-electron chi connectivity index (χ0n) is 11.5. The Morgan fingerprint density at radius 3 is 2.57 bits per heavy atom. The summed E-state index contributed by atoms with van der Waals surface area (Å²) in [5.41, 5.74) is 1.13. The SMILES string of the molecule is CCOc1ccccc1C(Nc1ccccc1Cl)C(=O)O. The fourth-order valence-electron chi connectivity index (χ4n) is 2.01. The molecule has 0 amide bonds. The van der Waals surface area contributed by atoms with E-state index in [0.717, 1.165) is 0 Å². The Morgan fingerprint density at radius 2 is 1.90 bits per heavy atom. The van der Waals surface area contributed by atoms with Gasteiger partial charge in [0.15, 0.2) is 6.04 Å². The second-order valence-corrected chi connectivity index (χ2v) is 4.77. The first kappa shape index (κ1) is 15.2. The third-order valence-corrected chi connectivity index (χ3v) is 3.28. The van der Waals surface area contributed by atoms with Gasteiger partial charge < -0.3 is 15.2 Å². The van der Waals surface area contributed by atoms with Gasteiger partial charge in [0.25, 0.3) is 0 Å². The highest BCUT2D eigenvalue weighted by molar-refractivity contribution is 6.33. The van der Waals surface area contributed by atoms with Gasteiger partial charge >= 0.3 is 5.97 Å². The molecule has 110 valence electrons. The van der Waals surface area contributed by atoms with E-state index < -0.39 is 12.0 Å². The quantitative estimate of drug-likeness (QED) is 0.847. The summed E-state index contributed by atoms with van der Waals surface area (Å²) in [5, 5.41) is 12.9. The summed E-state index contributed by atoms with van der Waals surface area (Å²) in [4.78, 5) is 11.6. The smallest absolute Gasteiger partial charge is 0.330 e. The predicted molar refractivity (Wildman–Crippen MR) is 83.1 cm³/mol. The van der Waals surface area contributed by atoms with Crippen LogP contribution in [0.25, 0.3) is 0 Å². The molecule has 0 aliphatic carbocycles. The molecule has 0 aliphatic rings. The first-order valence-electron chi connectivity index (χ1n) is 6.59. The minimum Gasteiger partial charge on any atom is -0.493 e. The highest BCUT2D eigenvalue weighted by Gasteiger charge is 2.23. The molecule has 21 heavy (non-hydrogen) atoms. The van der Waals surface area contributed by atoms with Crippen molar-refractivity contribution in [2.24, 2.45) is 0 Å². The van der Waals surface area contributed by atoms with Crippen LogP contribution < -0.4 is 10.1 Å². The van der Waals surface area contributed by atoms with E-state index in [1.807, 2.05) is 13.0 Å². The van der Waals surface area contributed by atoms with Gasteiger partial charge in [-0.2, -0.15) is 0 Å². The molecule has 0 radical (unpaired) electrons. The molecule has 0 fully saturated rings. The van der Waals surface area contributed by atoms with E-state index in [1.54, 1.807) is 42.5 Å². The highest BCUT2D eigenvalue weighted by atomic mass is 35.5. The molecule has 1 atom stereocenters. The summed E-state index contributed by atoms with van der Waals surface area (Å²) in [5.74, 6) is -0.450. The molecule has 5 heteroatoms. The maximum atomic E-state index is 11.6. The summed E-state index contributed by atoms with van der Waals surface area (Å²) in [7, 11) is 0. The lowest BCUT2D eigenvalue weighted by molar-refractivity contribution is -0.138. The number of halogens is 1. The van der Waals surface area contributed by atoms with Gasteiger partial charge in [-0.3, -0.25) is 0 Å². The minimum absolute atomic E-state index is 0.468. The lowest BCUT2D eigenvalue weighted by Crippen LogP contribution is -2.21. The number of para-hydroxylation sites is 2. The molecular formula is C16H16ClNO3. The molecule has 4 nitrogen and oxygen atoms in total. The standard InChI is InChI=1S/C16H16ClNO3/c1-2-21-14-10-6-3-7-11(14)15(16(19)20)18-13-9-5-4-8-12(13)17/h3-10,15,18H,2H2,1H3,(H,19,20). The highest BCUT2D eigenvalue weighted by Crippen LogP contribution is 2.30. The summed E-state index contributed by atoms with van der Waals surface area (Å²) in [6.07, 6.45) is 0. The van der Waals surface area contributed by atoms with E-state index in [-0.39, 0.29) is 0 Å². The van der Waals surface area contributed by atoms with Crippen molar-refractivity contribution in [2.45, 2.75) is 13.0 Å². The molecular weight excluding hydrogens is 290 g/mol. The molecule has 0 spiro atoms. The number of carboxylic acids is 1. The van der Waals surface area contributed by atoms with E-state index in [2.05, 4.69) is 5.32 Å². The number of carboxylic acid groups (broad SMARTS) is 1. The Kier molecular flexibility index (Phi) is 5.06. The summed E-state index contributed by atoms with van der Waals surface area (Å²) in [6, 6.07) is 13.2. The maximum Gasteiger partial charge on any atom is 0.330 e. The van der Waals surface area contributed by atoms with Gasteiger partial charge in [0.05, 0.1) is 17.3 Å². The van der Waals surface area contributed by atoms with Gasteiger partial charge in [-0.15, -0.1) is 0 Å². The number of hydrogen-bond acceptors (Lipinski definition) is 3. The van der Waals surface area contributed by atoms with Crippen molar-refractivity contribution in [3.63, 3.8) is 0 Å². The van der Waals surface area contributed by atoms with Crippen molar-refractivity contribution < 1.29 is 14.6 Å². The molecule has 0 aliphatic heterocycles. The number of benzene rings is 2. The summed E-state index contributed by atoms with van der Waals surface area (Å²) < 4.78 is 5.50. The molecule has 1 unspecified atom stereocenters. The molecule has 2 rings (SSSR count). The van der Waals surface area contributed by atoms with Gasteiger partial charge in [0.2, 0.25) is 0 Å².